The molecular formula is C19H20N4O5S. The second-order valence-electron chi connectivity index (χ2n) is 6.47. The van der Waals surface area contributed by atoms with E-state index in [1.807, 2.05) is 6.92 Å². The van der Waals surface area contributed by atoms with Gasteiger partial charge < -0.3 is 4.74 Å². The molecule has 29 heavy (non-hydrogen) atoms. The van der Waals surface area contributed by atoms with Gasteiger partial charge in [0.05, 0.1) is 17.3 Å². The van der Waals surface area contributed by atoms with Gasteiger partial charge in [-0.3, -0.25) is 9.52 Å². The SMILES string of the molecule is CCn1nnc2cc(C(=O)O[C@H](C)C(=O)c3ccc(NS(C)(=O)=O)cc3)ccc21. The summed E-state index contributed by atoms with van der Waals surface area (Å²) in [6, 6.07) is 10.8. The van der Waals surface area contributed by atoms with Crippen LogP contribution in [-0.2, 0) is 21.3 Å². The van der Waals surface area contributed by atoms with E-state index in [4.69, 9.17) is 4.74 Å². The molecule has 152 valence electrons. The number of anilines is 1. The average Bonchev–Trinajstić information content (AvgIpc) is 3.09. The van der Waals surface area contributed by atoms with E-state index in [0.29, 0.717) is 23.3 Å². The molecule has 0 aliphatic heterocycles. The fraction of sp³-hybridized carbons (Fsp3) is 0.263. The Morgan fingerprint density at radius 1 is 1.14 bits per heavy atom. The van der Waals surface area contributed by atoms with Crippen LogP contribution in [0, 0.1) is 0 Å². The number of carbonyl (C=O) groups excluding carboxylic acids is 2. The number of ether oxygens (including phenoxy) is 1. The normalized spacial score (nSPS) is 12.5. The van der Waals surface area contributed by atoms with E-state index in [1.54, 1.807) is 22.9 Å². The van der Waals surface area contributed by atoms with Gasteiger partial charge in [-0.25, -0.2) is 17.9 Å². The summed E-state index contributed by atoms with van der Waals surface area (Å²) in [6.07, 6.45) is 0.0199. The van der Waals surface area contributed by atoms with Crippen molar-refractivity contribution in [3.05, 3.63) is 53.6 Å². The van der Waals surface area contributed by atoms with E-state index in [2.05, 4.69) is 15.0 Å². The smallest absolute Gasteiger partial charge is 0.338 e. The zero-order valence-electron chi connectivity index (χ0n) is 16.1. The number of aryl methyl sites for hydroxylation is 1. The minimum absolute atomic E-state index is 0.271. The van der Waals surface area contributed by atoms with E-state index in [9.17, 15) is 18.0 Å². The summed E-state index contributed by atoms with van der Waals surface area (Å²) in [4.78, 5) is 24.9. The molecule has 0 aliphatic rings. The number of aromatic nitrogens is 3. The first kappa shape index (κ1) is 20.5. The molecule has 0 fully saturated rings. The van der Waals surface area contributed by atoms with Gasteiger partial charge in [0, 0.05) is 17.8 Å². The fourth-order valence-electron chi connectivity index (χ4n) is 2.77. The molecule has 1 aromatic heterocycles. The summed E-state index contributed by atoms with van der Waals surface area (Å²) < 4.78 is 31.8. The quantitative estimate of drug-likeness (QED) is 0.463. The van der Waals surface area contributed by atoms with E-state index in [1.165, 1.54) is 31.2 Å². The van der Waals surface area contributed by atoms with E-state index < -0.39 is 27.9 Å². The van der Waals surface area contributed by atoms with Gasteiger partial charge in [0.1, 0.15) is 5.52 Å². The molecule has 1 N–H and O–H groups in total. The van der Waals surface area contributed by atoms with Crippen molar-refractivity contribution >= 4 is 38.5 Å². The Labute approximate surface area is 167 Å². The lowest BCUT2D eigenvalue weighted by molar-refractivity contribution is 0.0319. The molecule has 10 heteroatoms. The van der Waals surface area contributed by atoms with Crippen molar-refractivity contribution in [3.63, 3.8) is 0 Å². The summed E-state index contributed by atoms with van der Waals surface area (Å²) >= 11 is 0. The molecule has 3 aromatic rings. The van der Waals surface area contributed by atoms with Crippen LogP contribution in [-0.4, -0.2) is 47.5 Å². The minimum atomic E-state index is -3.40. The van der Waals surface area contributed by atoms with Crippen LogP contribution in [0.1, 0.15) is 34.6 Å². The molecule has 0 radical (unpaired) electrons. The highest BCUT2D eigenvalue weighted by atomic mass is 32.2. The molecule has 9 nitrogen and oxygen atoms in total. The number of carbonyl (C=O) groups is 2. The third-order valence-corrected chi connectivity index (χ3v) is 4.78. The molecule has 0 saturated carbocycles. The van der Waals surface area contributed by atoms with Crippen molar-refractivity contribution < 1.29 is 22.7 Å². The van der Waals surface area contributed by atoms with Crippen LogP contribution in [0.4, 0.5) is 5.69 Å². The van der Waals surface area contributed by atoms with Crippen molar-refractivity contribution in [2.45, 2.75) is 26.5 Å². The second-order valence-corrected chi connectivity index (χ2v) is 8.22. The molecule has 0 aliphatic carbocycles. The topological polar surface area (TPSA) is 120 Å². The van der Waals surface area contributed by atoms with Gasteiger partial charge in [0.25, 0.3) is 0 Å². The van der Waals surface area contributed by atoms with E-state index in [-0.39, 0.29) is 5.56 Å². The van der Waals surface area contributed by atoms with Crippen LogP contribution in [0.15, 0.2) is 42.5 Å². The summed E-state index contributed by atoms with van der Waals surface area (Å²) in [7, 11) is -3.40. The molecule has 0 amide bonds. The predicted octanol–water partition coefficient (Wildman–Crippen LogP) is 2.25. The molecule has 1 heterocycles. The molecule has 3 rings (SSSR count). The standard InChI is InChI=1S/C19H20N4O5S/c1-4-23-17-10-7-14(11-16(17)20-22-23)19(25)28-12(2)18(24)13-5-8-15(9-6-13)21-29(3,26)27/h5-12,21H,4H2,1-3H3/t12-/m1/s1. The maximum absolute atomic E-state index is 12.5. The Hall–Kier alpha value is -3.27. The first-order chi connectivity index (χ1) is 13.7. The van der Waals surface area contributed by atoms with Crippen LogP contribution >= 0.6 is 0 Å². The number of hydrogen-bond donors (Lipinski definition) is 1. The van der Waals surface area contributed by atoms with Crippen LogP contribution in [0.3, 0.4) is 0 Å². The average molecular weight is 416 g/mol. The summed E-state index contributed by atoms with van der Waals surface area (Å²) in [6.45, 7) is 4.08. The van der Waals surface area contributed by atoms with Crippen molar-refractivity contribution in [2.75, 3.05) is 11.0 Å². The first-order valence-corrected chi connectivity index (χ1v) is 10.7. The lowest BCUT2D eigenvalue weighted by Crippen LogP contribution is -2.24. The number of nitrogens with zero attached hydrogens (tertiary/aromatic N) is 3. The number of benzene rings is 2. The Morgan fingerprint density at radius 2 is 1.79 bits per heavy atom. The molecular weight excluding hydrogens is 396 g/mol. The molecule has 1 atom stereocenters. The Morgan fingerprint density at radius 3 is 2.41 bits per heavy atom. The van der Waals surface area contributed by atoms with E-state index in [0.717, 1.165) is 11.8 Å². The predicted molar refractivity (Wildman–Crippen MR) is 107 cm³/mol. The lowest BCUT2D eigenvalue weighted by atomic mass is 10.1. The number of nitrogens with one attached hydrogen (secondary N) is 1. The number of hydrogen-bond acceptors (Lipinski definition) is 7. The van der Waals surface area contributed by atoms with Crippen molar-refractivity contribution in [1.82, 2.24) is 15.0 Å². The third kappa shape index (κ3) is 4.77. The Kier molecular flexibility index (Phi) is 5.64. The highest BCUT2D eigenvalue weighted by molar-refractivity contribution is 7.92. The summed E-state index contributed by atoms with van der Waals surface area (Å²) in [5.74, 6) is -1.04. The van der Waals surface area contributed by atoms with Gasteiger partial charge in [-0.15, -0.1) is 5.10 Å². The largest absolute Gasteiger partial charge is 0.451 e. The second kappa shape index (κ2) is 8.00. The minimum Gasteiger partial charge on any atom is -0.451 e. The number of Topliss-reactive ketones (excluding diaryl/α,β-unsaturated/α-hetero) is 1. The number of sulfonamides is 1. The van der Waals surface area contributed by atoms with Crippen molar-refractivity contribution in [1.29, 1.82) is 0 Å². The monoisotopic (exact) mass is 416 g/mol. The van der Waals surface area contributed by atoms with Gasteiger partial charge in [-0.05, 0) is 56.3 Å². The maximum Gasteiger partial charge on any atom is 0.338 e. The Balaban J connectivity index is 1.69. The van der Waals surface area contributed by atoms with Crippen LogP contribution in [0.5, 0.6) is 0 Å². The van der Waals surface area contributed by atoms with Crippen LogP contribution in [0.2, 0.25) is 0 Å². The molecule has 0 saturated heterocycles. The summed E-state index contributed by atoms with van der Waals surface area (Å²) in [5.41, 5.74) is 2.27. The fourth-order valence-corrected chi connectivity index (χ4v) is 3.33. The number of esters is 1. The molecule has 0 spiro atoms. The number of rotatable bonds is 7. The number of fused-ring (bicyclic) bond motifs is 1. The van der Waals surface area contributed by atoms with Crippen LogP contribution < -0.4 is 4.72 Å². The summed E-state index contributed by atoms with van der Waals surface area (Å²) in [5, 5.41) is 8.01. The maximum atomic E-state index is 12.5. The van der Waals surface area contributed by atoms with Gasteiger partial charge in [-0.1, -0.05) is 5.21 Å². The third-order valence-electron chi connectivity index (χ3n) is 4.17. The van der Waals surface area contributed by atoms with Crippen LogP contribution in [0.25, 0.3) is 11.0 Å². The lowest BCUT2D eigenvalue weighted by Gasteiger charge is -2.13. The zero-order chi connectivity index (χ0) is 21.2. The highest BCUT2D eigenvalue weighted by Crippen LogP contribution is 2.17. The van der Waals surface area contributed by atoms with Gasteiger partial charge in [0.2, 0.25) is 15.8 Å². The van der Waals surface area contributed by atoms with Crippen molar-refractivity contribution in [3.8, 4) is 0 Å². The molecule has 2 aromatic carbocycles. The Bertz CT molecular complexity index is 1170. The number of ketones is 1. The van der Waals surface area contributed by atoms with Crippen molar-refractivity contribution in [2.24, 2.45) is 0 Å². The first-order valence-electron chi connectivity index (χ1n) is 8.84. The highest BCUT2D eigenvalue weighted by Gasteiger charge is 2.21. The van der Waals surface area contributed by atoms with Gasteiger partial charge >= 0.3 is 5.97 Å². The molecule has 0 unspecified atom stereocenters. The zero-order valence-corrected chi connectivity index (χ0v) is 16.9. The molecule has 0 bridgehead atoms. The van der Waals surface area contributed by atoms with E-state index >= 15 is 0 Å². The van der Waals surface area contributed by atoms with Gasteiger partial charge in [-0.2, -0.15) is 0 Å². The van der Waals surface area contributed by atoms with Gasteiger partial charge in [0.15, 0.2) is 6.10 Å².